The number of carbonyl (C=O) groups is 2. The Kier molecular flexibility index (Phi) is 13.4. The van der Waals surface area contributed by atoms with E-state index < -0.39 is 0 Å². The van der Waals surface area contributed by atoms with Gasteiger partial charge in [0.1, 0.15) is 0 Å². The number of unbranched alkanes of at least 4 members (excludes halogenated alkanes) is 1. The second-order valence-electron chi connectivity index (χ2n) is 10.2. The van der Waals surface area contributed by atoms with Crippen LogP contribution in [-0.2, 0) is 16.1 Å². The van der Waals surface area contributed by atoms with Gasteiger partial charge in [-0.1, -0.05) is 78.4 Å². The van der Waals surface area contributed by atoms with Crippen LogP contribution in [0.15, 0.2) is 36.7 Å². The summed E-state index contributed by atoms with van der Waals surface area (Å²) in [5.41, 5.74) is 3.50. The van der Waals surface area contributed by atoms with Crippen LogP contribution >= 0.6 is 0 Å². The number of nitrogens with one attached hydrogen (secondary N) is 1. The van der Waals surface area contributed by atoms with E-state index in [-0.39, 0.29) is 17.7 Å². The summed E-state index contributed by atoms with van der Waals surface area (Å²) in [6.07, 6.45) is 14.0. The SMILES string of the molecule is CCCC(CCC)CCCCNc1cccc(C(=O)c2cn(CCCC(=O)OCC)cc2C(C)C)c1. The van der Waals surface area contributed by atoms with Crippen LogP contribution in [0, 0.1) is 5.92 Å². The minimum atomic E-state index is -0.170. The molecule has 200 valence electrons. The van der Waals surface area contributed by atoms with Crippen molar-refractivity contribution in [3.05, 3.63) is 53.3 Å². The number of aromatic nitrogens is 1. The number of carbonyl (C=O) groups excluding carboxylic acids is 2. The molecule has 2 aromatic rings. The molecule has 0 atom stereocenters. The maximum Gasteiger partial charge on any atom is 0.305 e. The predicted octanol–water partition coefficient (Wildman–Crippen LogP) is 7.98. The molecular weight excluding hydrogens is 448 g/mol. The van der Waals surface area contributed by atoms with Gasteiger partial charge in [-0.2, -0.15) is 0 Å². The quantitative estimate of drug-likeness (QED) is 0.129. The molecule has 5 nitrogen and oxygen atoms in total. The molecule has 1 aromatic carbocycles. The van der Waals surface area contributed by atoms with Crippen molar-refractivity contribution in [2.45, 2.75) is 105 Å². The average Bonchev–Trinajstić information content (AvgIpc) is 3.28. The number of aryl methyl sites for hydroxylation is 1. The molecular formula is C31H48N2O3. The van der Waals surface area contributed by atoms with Crippen molar-refractivity contribution in [3.8, 4) is 0 Å². The Morgan fingerprint density at radius 3 is 2.39 bits per heavy atom. The van der Waals surface area contributed by atoms with E-state index >= 15 is 0 Å². The van der Waals surface area contributed by atoms with Gasteiger partial charge in [-0.25, -0.2) is 0 Å². The molecule has 0 radical (unpaired) electrons. The lowest BCUT2D eigenvalue weighted by molar-refractivity contribution is -0.143. The van der Waals surface area contributed by atoms with Crippen molar-refractivity contribution in [1.29, 1.82) is 0 Å². The van der Waals surface area contributed by atoms with E-state index in [1.54, 1.807) is 0 Å². The molecule has 36 heavy (non-hydrogen) atoms. The number of hydrogen-bond donors (Lipinski definition) is 1. The average molecular weight is 497 g/mol. The Morgan fingerprint density at radius 1 is 0.972 bits per heavy atom. The number of ether oxygens (including phenoxy) is 1. The molecule has 0 aliphatic carbocycles. The topological polar surface area (TPSA) is 60.3 Å². The largest absolute Gasteiger partial charge is 0.466 e. The fraction of sp³-hybridized carbons (Fsp3) is 0.613. The third-order valence-electron chi connectivity index (χ3n) is 6.77. The first-order valence-corrected chi connectivity index (χ1v) is 14.1. The molecule has 0 fully saturated rings. The number of ketones is 1. The standard InChI is InChI=1S/C31H48N2O3/c1-6-13-25(14-7-2)15-9-10-19-32-27-17-11-16-26(21-27)31(35)29-23-33(22-28(29)24(4)5)20-12-18-30(34)36-8-3/h11,16-17,21-25,32H,6-10,12-15,18-20H2,1-5H3. The van der Waals surface area contributed by atoms with Gasteiger partial charge >= 0.3 is 5.97 Å². The van der Waals surface area contributed by atoms with Crippen molar-refractivity contribution in [3.63, 3.8) is 0 Å². The van der Waals surface area contributed by atoms with Gasteiger partial charge in [0, 0.05) is 48.7 Å². The van der Waals surface area contributed by atoms with E-state index in [1.165, 1.54) is 38.5 Å². The zero-order valence-corrected chi connectivity index (χ0v) is 23.3. The van der Waals surface area contributed by atoms with Crippen LogP contribution in [0.25, 0.3) is 0 Å². The summed E-state index contributed by atoms with van der Waals surface area (Å²) in [6.45, 7) is 12.6. The lowest BCUT2D eigenvalue weighted by atomic mass is 9.93. The van der Waals surface area contributed by atoms with Gasteiger partial charge in [-0.05, 0) is 49.3 Å². The Hall–Kier alpha value is -2.56. The Balaban J connectivity index is 1.96. The number of esters is 1. The molecule has 0 amide bonds. The fourth-order valence-corrected chi connectivity index (χ4v) is 4.91. The van der Waals surface area contributed by atoms with Crippen LogP contribution in [0.4, 0.5) is 5.69 Å². The molecule has 2 rings (SSSR count). The van der Waals surface area contributed by atoms with E-state index in [9.17, 15) is 9.59 Å². The lowest BCUT2D eigenvalue weighted by Crippen LogP contribution is -2.07. The van der Waals surface area contributed by atoms with Crippen LogP contribution in [0.5, 0.6) is 0 Å². The van der Waals surface area contributed by atoms with E-state index in [0.29, 0.717) is 31.6 Å². The first-order chi connectivity index (χ1) is 17.4. The molecule has 0 aliphatic heterocycles. The predicted molar refractivity (Wildman–Crippen MR) is 150 cm³/mol. The zero-order chi connectivity index (χ0) is 26.3. The summed E-state index contributed by atoms with van der Waals surface area (Å²) < 4.78 is 7.05. The van der Waals surface area contributed by atoms with E-state index in [0.717, 1.165) is 35.7 Å². The number of nitrogens with zero attached hydrogens (tertiary/aromatic N) is 1. The van der Waals surface area contributed by atoms with Crippen LogP contribution in [0.1, 0.15) is 120 Å². The molecule has 5 heteroatoms. The van der Waals surface area contributed by atoms with Gasteiger partial charge in [0.25, 0.3) is 0 Å². The molecule has 1 N–H and O–H groups in total. The zero-order valence-electron chi connectivity index (χ0n) is 23.3. The Morgan fingerprint density at radius 2 is 1.72 bits per heavy atom. The molecule has 0 spiro atoms. The maximum absolute atomic E-state index is 13.5. The molecule has 0 bridgehead atoms. The highest BCUT2D eigenvalue weighted by Gasteiger charge is 2.19. The number of hydrogen-bond acceptors (Lipinski definition) is 4. The minimum Gasteiger partial charge on any atom is -0.466 e. The second-order valence-corrected chi connectivity index (χ2v) is 10.2. The summed E-state index contributed by atoms with van der Waals surface area (Å²) >= 11 is 0. The highest BCUT2D eigenvalue weighted by molar-refractivity contribution is 6.10. The summed E-state index contributed by atoms with van der Waals surface area (Å²) in [6, 6.07) is 7.87. The van der Waals surface area contributed by atoms with Gasteiger partial charge in [-0.3, -0.25) is 9.59 Å². The van der Waals surface area contributed by atoms with E-state index in [1.807, 2.05) is 42.0 Å². The Labute approximate surface area is 219 Å². The molecule has 1 heterocycles. The van der Waals surface area contributed by atoms with Gasteiger partial charge in [-0.15, -0.1) is 0 Å². The summed E-state index contributed by atoms with van der Waals surface area (Å²) in [5, 5.41) is 3.52. The highest BCUT2D eigenvalue weighted by Crippen LogP contribution is 2.25. The number of anilines is 1. The van der Waals surface area contributed by atoms with Crippen molar-refractivity contribution in [1.82, 2.24) is 4.57 Å². The smallest absolute Gasteiger partial charge is 0.305 e. The van der Waals surface area contributed by atoms with Crippen molar-refractivity contribution < 1.29 is 14.3 Å². The lowest BCUT2D eigenvalue weighted by Gasteiger charge is -2.15. The molecule has 0 aliphatic rings. The van der Waals surface area contributed by atoms with Gasteiger partial charge in [0.2, 0.25) is 0 Å². The summed E-state index contributed by atoms with van der Waals surface area (Å²) in [4.78, 5) is 25.1. The van der Waals surface area contributed by atoms with E-state index in [2.05, 4.69) is 39.2 Å². The fourth-order valence-electron chi connectivity index (χ4n) is 4.91. The van der Waals surface area contributed by atoms with Gasteiger partial charge in [0.15, 0.2) is 5.78 Å². The maximum atomic E-state index is 13.5. The second kappa shape index (κ2) is 16.2. The third kappa shape index (κ3) is 9.83. The number of rotatable bonds is 18. The normalized spacial score (nSPS) is 11.3. The highest BCUT2D eigenvalue weighted by atomic mass is 16.5. The molecule has 1 aromatic heterocycles. The van der Waals surface area contributed by atoms with Crippen LogP contribution in [-0.4, -0.2) is 29.5 Å². The summed E-state index contributed by atoms with van der Waals surface area (Å²) in [7, 11) is 0. The molecule has 0 unspecified atom stereocenters. The summed E-state index contributed by atoms with van der Waals surface area (Å²) in [5.74, 6) is 0.985. The van der Waals surface area contributed by atoms with E-state index in [4.69, 9.17) is 4.74 Å². The van der Waals surface area contributed by atoms with Gasteiger partial charge in [0.05, 0.1) is 6.61 Å². The van der Waals surface area contributed by atoms with Crippen molar-refractivity contribution in [2.75, 3.05) is 18.5 Å². The first-order valence-electron chi connectivity index (χ1n) is 14.1. The first kappa shape index (κ1) is 29.7. The van der Waals surface area contributed by atoms with Crippen LogP contribution in [0.3, 0.4) is 0 Å². The van der Waals surface area contributed by atoms with Gasteiger partial charge < -0.3 is 14.6 Å². The molecule has 0 saturated heterocycles. The number of benzene rings is 1. The van der Waals surface area contributed by atoms with Crippen molar-refractivity contribution in [2.24, 2.45) is 5.92 Å². The Bertz CT molecular complexity index is 926. The molecule has 0 saturated carbocycles. The monoisotopic (exact) mass is 496 g/mol. The third-order valence-corrected chi connectivity index (χ3v) is 6.77. The van der Waals surface area contributed by atoms with Crippen molar-refractivity contribution >= 4 is 17.4 Å². The minimum absolute atomic E-state index is 0.0495. The van der Waals surface area contributed by atoms with Crippen LogP contribution in [0.2, 0.25) is 0 Å². The van der Waals surface area contributed by atoms with Crippen LogP contribution < -0.4 is 5.32 Å².